The third-order valence-corrected chi connectivity index (χ3v) is 4.53. The van der Waals surface area contributed by atoms with E-state index < -0.39 is 12.0 Å². The number of carbonyl (C=O) groups is 2. The van der Waals surface area contributed by atoms with Crippen LogP contribution in [-0.2, 0) is 16.0 Å². The van der Waals surface area contributed by atoms with Gasteiger partial charge in [0.15, 0.2) is 0 Å². The second kappa shape index (κ2) is 15.0. The average molecular weight is 378 g/mol. The molecule has 0 saturated heterocycles. The lowest BCUT2D eigenvalue weighted by molar-refractivity contribution is -0.141. The second-order valence-electron chi connectivity index (χ2n) is 7.01. The van der Waals surface area contributed by atoms with Gasteiger partial charge in [0.05, 0.1) is 6.33 Å². The van der Waals surface area contributed by atoms with E-state index >= 15 is 0 Å². The van der Waals surface area contributed by atoms with Crippen LogP contribution in [-0.4, -0.2) is 33.0 Å². The highest BCUT2D eigenvalue weighted by atomic mass is 16.4. The number of unbranched alkanes of at least 4 members (excludes halogenated alkanes) is 8. The van der Waals surface area contributed by atoms with Crippen LogP contribution in [0.2, 0.25) is 0 Å². The number of H-pyrrole nitrogens is 1. The number of carboxylic acid groups (broad SMARTS) is 1. The quantitative estimate of drug-likeness (QED) is 0.294. The lowest BCUT2D eigenvalue weighted by Crippen LogP contribution is -2.42. The van der Waals surface area contributed by atoms with Crippen molar-refractivity contribution < 1.29 is 14.7 Å². The molecule has 0 aliphatic rings. The van der Waals surface area contributed by atoms with E-state index in [1.807, 2.05) is 0 Å². The lowest BCUT2D eigenvalue weighted by Gasteiger charge is -2.13. The van der Waals surface area contributed by atoms with Crippen LogP contribution in [0.5, 0.6) is 0 Å². The SMILES string of the molecule is CCCCC/C=C\CCCCCCCC(=O)N[C@@H](Cc1cnc[nH]1)C(=O)O. The molecule has 1 rings (SSSR count). The van der Waals surface area contributed by atoms with Crippen LogP contribution < -0.4 is 5.32 Å². The standard InChI is InChI=1S/C21H35N3O3/c1-2-3-4-5-6-7-8-9-10-11-12-13-14-20(25)24-19(21(26)27)15-18-16-22-17-23-18/h6-7,16-17,19H,2-5,8-15H2,1H3,(H,22,23)(H,24,25)(H,26,27)/b7-6-/t19-/m0/s1. The van der Waals surface area contributed by atoms with Gasteiger partial charge in [-0.1, -0.05) is 51.2 Å². The van der Waals surface area contributed by atoms with Crippen molar-refractivity contribution in [3.63, 3.8) is 0 Å². The molecule has 1 heterocycles. The number of imidazole rings is 1. The molecular weight excluding hydrogens is 342 g/mol. The molecule has 0 bridgehead atoms. The predicted octanol–water partition coefficient (Wildman–Crippen LogP) is 4.39. The maximum absolute atomic E-state index is 12.0. The van der Waals surface area contributed by atoms with E-state index in [-0.39, 0.29) is 12.3 Å². The Balaban J connectivity index is 2.03. The molecule has 0 aliphatic carbocycles. The van der Waals surface area contributed by atoms with Gasteiger partial charge in [-0.05, 0) is 32.1 Å². The number of nitrogens with zero attached hydrogens (tertiary/aromatic N) is 1. The van der Waals surface area contributed by atoms with Crippen molar-refractivity contribution >= 4 is 11.9 Å². The van der Waals surface area contributed by atoms with Gasteiger partial charge >= 0.3 is 5.97 Å². The Kier molecular flexibility index (Phi) is 12.7. The summed E-state index contributed by atoms with van der Waals surface area (Å²) in [7, 11) is 0. The van der Waals surface area contributed by atoms with Gasteiger partial charge in [-0.15, -0.1) is 0 Å². The maximum atomic E-state index is 12.0. The van der Waals surface area contributed by atoms with E-state index in [0.29, 0.717) is 12.1 Å². The molecule has 1 aromatic rings. The fourth-order valence-corrected chi connectivity index (χ4v) is 2.91. The first-order valence-corrected chi connectivity index (χ1v) is 10.3. The average Bonchev–Trinajstić information content (AvgIpc) is 3.15. The number of aromatic amines is 1. The van der Waals surface area contributed by atoms with E-state index in [9.17, 15) is 14.7 Å². The molecule has 6 nitrogen and oxygen atoms in total. The zero-order valence-electron chi connectivity index (χ0n) is 16.6. The molecule has 6 heteroatoms. The first-order valence-electron chi connectivity index (χ1n) is 10.3. The molecule has 0 radical (unpaired) electrons. The van der Waals surface area contributed by atoms with Gasteiger partial charge in [0.2, 0.25) is 5.91 Å². The Bertz CT molecular complexity index is 541. The number of amides is 1. The molecule has 0 fully saturated rings. The number of allylic oxidation sites excluding steroid dienone is 2. The number of aromatic nitrogens is 2. The first-order chi connectivity index (χ1) is 13.1. The molecule has 152 valence electrons. The number of nitrogens with one attached hydrogen (secondary N) is 2. The minimum atomic E-state index is -1.03. The summed E-state index contributed by atoms with van der Waals surface area (Å²) in [5.41, 5.74) is 0.696. The van der Waals surface area contributed by atoms with Crippen molar-refractivity contribution in [2.45, 2.75) is 90.0 Å². The number of hydrogen-bond acceptors (Lipinski definition) is 3. The Morgan fingerprint density at radius 3 is 2.41 bits per heavy atom. The summed E-state index contributed by atoms with van der Waals surface area (Å²) in [4.78, 5) is 30.0. The van der Waals surface area contributed by atoms with Crippen LogP contribution in [0, 0.1) is 0 Å². The fraction of sp³-hybridized carbons (Fsp3) is 0.667. The fourth-order valence-electron chi connectivity index (χ4n) is 2.91. The van der Waals surface area contributed by atoms with E-state index in [1.54, 1.807) is 6.20 Å². The summed E-state index contributed by atoms with van der Waals surface area (Å²) in [6, 6.07) is -0.915. The van der Waals surface area contributed by atoms with Gasteiger partial charge in [-0.2, -0.15) is 0 Å². The number of rotatable bonds is 16. The lowest BCUT2D eigenvalue weighted by atomic mass is 10.1. The number of carbonyl (C=O) groups excluding carboxylic acids is 1. The van der Waals surface area contributed by atoms with Gasteiger partial charge in [-0.25, -0.2) is 9.78 Å². The van der Waals surface area contributed by atoms with Crippen molar-refractivity contribution in [2.24, 2.45) is 0 Å². The van der Waals surface area contributed by atoms with Gasteiger partial charge in [0, 0.05) is 24.7 Å². The van der Waals surface area contributed by atoms with E-state index in [4.69, 9.17) is 0 Å². The van der Waals surface area contributed by atoms with Gasteiger partial charge < -0.3 is 15.4 Å². The van der Waals surface area contributed by atoms with Crippen LogP contribution in [0.3, 0.4) is 0 Å². The summed E-state index contributed by atoms with van der Waals surface area (Å²) < 4.78 is 0. The van der Waals surface area contributed by atoms with Crippen molar-refractivity contribution in [1.82, 2.24) is 15.3 Å². The number of aliphatic carboxylic acids is 1. The summed E-state index contributed by atoms with van der Waals surface area (Å²) in [5, 5.41) is 11.8. The molecule has 0 unspecified atom stereocenters. The van der Waals surface area contributed by atoms with Crippen LogP contribution in [0.15, 0.2) is 24.7 Å². The van der Waals surface area contributed by atoms with E-state index in [0.717, 1.165) is 25.7 Å². The highest BCUT2D eigenvalue weighted by Gasteiger charge is 2.20. The van der Waals surface area contributed by atoms with E-state index in [2.05, 4.69) is 34.4 Å². The second-order valence-corrected chi connectivity index (χ2v) is 7.01. The molecule has 0 aromatic carbocycles. The normalized spacial score (nSPS) is 12.3. The highest BCUT2D eigenvalue weighted by molar-refractivity contribution is 5.83. The molecule has 27 heavy (non-hydrogen) atoms. The topological polar surface area (TPSA) is 95.1 Å². The molecule has 0 aliphatic heterocycles. The molecule has 1 amide bonds. The third kappa shape index (κ3) is 12.0. The monoisotopic (exact) mass is 377 g/mol. The zero-order chi connectivity index (χ0) is 19.7. The zero-order valence-corrected chi connectivity index (χ0v) is 16.6. The Hall–Kier alpha value is -2.11. The minimum absolute atomic E-state index is 0.197. The largest absolute Gasteiger partial charge is 0.480 e. The minimum Gasteiger partial charge on any atom is -0.480 e. The van der Waals surface area contributed by atoms with Crippen molar-refractivity contribution in [2.75, 3.05) is 0 Å². The van der Waals surface area contributed by atoms with Crippen LogP contribution in [0.4, 0.5) is 0 Å². The summed E-state index contributed by atoms with van der Waals surface area (Å²) in [6.45, 7) is 2.22. The summed E-state index contributed by atoms with van der Waals surface area (Å²) >= 11 is 0. The first kappa shape index (κ1) is 22.9. The van der Waals surface area contributed by atoms with Crippen LogP contribution in [0.1, 0.15) is 83.2 Å². The number of hydrogen-bond donors (Lipinski definition) is 3. The van der Waals surface area contributed by atoms with Crippen molar-refractivity contribution in [1.29, 1.82) is 0 Å². The van der Waals surface area contributed by atoms with E-state index in [1.165, 1.54) is 44.9 Å². The molecule has 0 spiro atoms. The molecule has 3 N–H and O–H groups in total. The van der Waals surface area contributed by atoms with Crippen LogP contribution >= 0.6 is 0 Å². The highest BCUT2D eigenvalue weighted by Crippen LogP contribution is 2.09. The van der Waals surface area contributed by atoms with Crippen molar-refractivity contribution in [3.05, 3.63) is 30.4 Å². The molecule has 0 saturated carbocycles. The Morgan fingerprint density at radius 1 is 1.11 bits per heavy atom. The van der Waals surface area contributed by atoms with Gasteiger partial charge in [-0.3, -0.25) is 4.79 Å². The molecule has 1 atom stereocenters. The smallest absolute Gasteiger partial charge is 0.326 e. The Morgan fingerprint density at radius 2 is 1.78 bits per heavy atom. The summed E-state index contributed by atoms with van der Waals surface area (Å²) in [5.74, 6) is -1.22. The van der Waals surface area contributed by atoms with Crippen LogP contribution in [0.25, 0.3) is 0 Å². The maximum Gasteiger partial charge on any atom is 0.326 e. The van der Waals surface area contributed by atoms with Gasteiger partial charge in [0.25, 0.3) is 0 Å². The molecular formula is C21H35N3O3. The predicted molar refractivity (Wildman–Crippen MR) is 107 cm³/mol. The number of carboxylic acids is 1. The Labute approximate surface area is 162 Å². The summed E-state index contributed by atoms with van der Waals surface area (Å²) in [6.07, 6.45) is 19.8. The van der Waals surface area contributed by atoms with Gasteiger partial charge in [0.1, 0.15) is 6.04 Å². The molecule has 1 aromatic heterocycles. The third-order valence-electron chi connectivity index (χ3n) is 4.53. The van der Waals surface area contributed by atoms with Crippen molar-refractivity contribution in [3.8, 4) is 0 Å².